The number of hydrazine groups is 1. The van der Waals surface area contributed by atoms with E-state index < -0.39 is 0 Å². The van der Waals surface area contributed by atoms with Crippen molar-refractivity contribution >= 4 is 23.4 Å². The molecule has 6 nitrogen and oxygen atoms in total. The van der Waals surface area contributed by atoms with Crippen molar-refractivity contribution in [3.05, 3.63) is 67.0 Å². The maximum atomic E-state index is 12.2. The van der Waals surface area contributed by atoms with E-state index in [1.54, 1.807) is 18.3 Å². The minimum atomic E-state index is -0.0920. The van der Waals surface area contributed by atoms with Gasteiger partial charge in [0.2, 0.25) is 5.91 Å². The van der Waals surface area contributed by atoms with Crippen LogP contribution in [0.4, 0.5) is 5.69 Å². The molecule has 7 heteroatoms. The first kappa shape index (κ1) is 17.9. The van der Waals surface area contributed by atoms with Gasteiger partial charge in [0.25, 0.3) is 0 Å². The Morgan fingerprint density at radius 1 is 1.19 bits per heavy atom. The zero-order chi connectivity index (χ0) is 18.4. The summed E-state index contributed by atoms with van der Waals surface area (Å²) in [6, 6.07) is 17.4. The van der Waals surface area contributed by atoms with Crippen molar-refractivity contribution in [3.63, 3.8) is 0 Å². The molecule has 1 aromatic heterocycles. The van der Waals surface area contributed by atoms with Gasteiger partial charge >= 0.3 is 0 Å². The highest BCUT2D eigenvalue weighted by Crippen LogP contribution is 2.22. The third kappa shape index (κ3) is 4.37. The summed E-state index contributed by atoms with van der Waals surface area (Å²) in [6.07, 6.45) is 3.60. The van der Waals surface area contributed by atoms with Gasteiger partial charge in [-0.3, -0.25) is 19.8 Å². The second kappa shape index (κ2) is 8.44. The van der Waals surface area contributed by atoms with E-state index in [9.17, 15) is 4.79 Å². The molecule has 26 heavy (non-hydrogen) atoms. The van der Waals surface area contributed by atoms with Crippen molar-refractivity contribution in [2.75, 3.05) is 24.9 Å². The molecule has 0 unspecified atom stereocenters. The number of para-hydroxylation sites is 1. The van der Waals surface area contributed by atoms with Gasteiger partial charge in [0, 0.05) is 25.1 Å². The number of anilines is 1. The number of nitrogens with one attached hydrogen (secondary N) is 1. The van der Waals surface area contributed by atoms with Crippen LogP contribution in [-0.4, -0.2) is 35.4 Å². The molecule has 134 valence electrons. The Bertz CT molecular complexity index is 849. The molecule has 0 radical (unpaired) electrons. The number of benzene rings is 2. The van der Waals surface area contributed by atoms with Crippen LogP contribution in [0.2, 0.25) is 0 Å². The van der Waals surface area contributed by atoms with Crippen LogP contribution in [0, 0.1) is 0 Å². The fourth-order valence-corrected chi connectivity index (χ4v) is 3.17. The lowest BCUT2D eigenvalue weighted by Gasteiger charge is -2.20. The van der Waals surface area contributed by atoms with E-state index in [2.05, 4.69) is 10.4 Å². The van der Waals surface area contributed by atoms with Crippen molar-refractivity contribution in [2.24, 2.45) is 0 Å². The lowest BCUT2D eigenvalue weighted by Crippen LogP contribution is -2.40. The number of carbonyl (C=O) groups is 1. The Hall–Kier alpha value is -2.93. The first-order valence-corrected chi connectivity index (χ1v) is 9.05. The number of imidazole rings is 1. The molecular weight excluding hydrogens is 348 g/mol. The Kier molecular flexibility index (Phi) is 5.80. The first-order valence-electron chi connectivity index (χ1n) is 8.06. The average Bonchev–Trinajstić information content (AvgIpc) is 3.15. The van der Waals surface area contributed by atoms with Gasteiger partial charge in [0.05, 0.1) is 18.6 Å². The molecule has 0 atom stereocenters. The number of aromatic nitrogens is 2. The van der Waals surface area contributed by atoms with Gasteiger partial charge in [-0.05, 0) is 36.4 Å². The quantitative estimate of drug-likeness (QED) is 0.513. The monoisotopic (exact) mass is 368 g/mol. The second-order valence-corrected chi connectivity index (χ2v) is 6.44. The summed E-state index contributed by atoms with van der Waals surface area (Å²) in [5.74, 6) is 0.974. The molecule has 2 aromatic carbocycles. The van der Waals surface area contributed by atoms with E-state index in [4.69, 9.17) is 4.74 Å². The number of carbonyl (C=O) groups excluding carboxylic acids is 1. The summed E-state index contributed by atoms with van der Waals surface area (Å²) >= 11 is 1.39. The first-order chi connectivity index (χ1) is 12.7. The van der Waals surface area contributed by atoms with Crippen molar-refractivity contribution in [2.45, 2.75) is 5.16 Å². The minimum Gasteiger partial charge on any atom is -0.497 e. The SMILES string of the molecule is COc1ccc(-n2ccnc2SCC(=O)NN(C)c2ccccc2)cc1. The molecule has 0 spiro atoms. The van der Waals surface area contributed by atoms with Crippen LogP contribution in [0.5, 0.6) is 5.75 Å². The van der Waals surface area contributed by atoms with Gasteiger partial charge in [0.1, 0.15) is 5.75 Å². The van der Waals surface area contributed by atoms with Crippen molar-refractivity contribution in [3.8, 4) is 11.4 Å². The van der Waals surface area contributed by atoms with E-state index in [1.165, 1.54) is 11.8 Å². The number of hydrogen-bond donors (Lipinski definition) is 1. The molecule has 0 fully saturated rings. The highest BCUT2D eigenvalue weighted by atomic mass is 32.2. The molecule has 1 N–H and O–H groups in total. The van der Waals surface area contributed by atoms with E-state index in [0.29, 0.717) is 0 Å². The smallest absolute Gasteiger partial charge is 0.248 e. The molecule has 0 aliphatic carbocycles. The maximum absolute atomic E-state index is 12.2. The van der Waals surface area contributed by atoms with Gasteiger partial charge in [-0.15, -0.1) is 0 Å². The Balaban J connectivity index is 1.60. The molecule has 3 aromatic rings. The zero-order valence-corrected chi connectivity index (χ0v) is 15.4. The van der Waals surface area contributed by atoms with Gasteiger partial charge in [0.15, 0.2) is 5.16 Å². The number of thioether (sulfide) groups is 1. The predicted octanol–water partition coefficient (Wildman–Crippen LogP) is 3.14. The minimum absolute atomic E-state index is 0.0920. The Labute approximate surface area is 156 Å². The summed E-state index contributed by atoms with van der Waals surface area (Å²) in [5.41, 5.74) is 4.74. The highest BCUT2D eigenvalue weighted by Gasteiger charge is 2.11. The average molecular weight is 368 g/mol. The summed E-state index contributed by atoms with van der Waals surface area (Å²) in [7, 11) is 3.45. The number of ether oxygens (including phenoxy) is 1. The van der Waals surface area contributed by atoms with E-state index >= 15 is 0 Å². The van der Waals surface area contributed by atoms with Gasteiger partial charge in [-0.25, -0.2) is 4.98 Å². The van der Waals surface area contributed by atoms with Crippen molar-refractivity contribution in [1.29, 1.82) is 0 Å². The fourth-order valence-electron chi connectivity index (χ4n) is 2.40. The molecule has 1 heterocycles. The second-order valence-electron chi connectivity index (χ2n) is 5.50. The van der Waals surface area contributed by atoms with E-state index in [-0.39, 0.29) is 11.7 Å². The number of rotatable bonds is 7. The molecule has 0 saturated heterocycles. The maximum Gasteiger partial charge on any atom is 0.248 e. The van der Waals surface area contributed by atoms with Crippen LogP contribution in [-0.2, 0) is 4.79 Å². The Morgan fingerprint density at radius 2 is 1.92 bits per heavy atom. The van der Waals surface area contributed by atoms with Gasteiger partial charge < -0.3 is 4.74 Å². The lowest BCUT2D eigenvalue weighted by atomic mass is 10.3. The number of hydrogen-bond acceptors (Lipinski definition) is 5. The molecular formula is C19H20N4O2S. The van der Waals surface area contributed by atoms with Crippen molar-refractivity contribution < 1.29 is 9.53 Å². The van der Waals surface area contributed by atoms with Crippen LogP contribution < -0.4 is 15.2 Å². The van der Waals surface area contributed by atoms with Gasteiger partial charge in [-0.1, -0.05) is 30.0 Å². The third-order valence-electron chi connectivity index (χ3n) is 3.73. The summed E-state index contributed by atoms with van der Waals surface area (Å²) in [6.45, 7) is 0. The van der Waals surface area contributed by atoms with Crippen LogP contribution in [0.3, 0.4) is 0 Å². The summed E-state index contributed by atoms with van der Waals surface area (Å²) in [5, 5.41) is 2.46. The van der Waals surface area contributed by atoms with Crippen molar-refractivity contribution in [1.82, 2.24) is 15.0 Å². The van der Waals surface area contributed by atoms with E-state index in [0.717, 1.165) is 22.3 Å². The zero-order valence-electron chi connectivity index (χ0n) is 14.6. The number of methoxy groups -OCH3 is 1. The largest absolute Gasteiger partial charge is 0.497 e. The van der Waals surface area contributed by atoms with Crippen LogP contribution in [0.25, 0.3) is 5.69 Å². The normalized spacial score (nSPS) is 10.4. The molecule has 0 aliphatic heterocycles. The van der Waals surface area contributed by atoms with E-state index in [1.807, 2.05) is 72.4 Å². The molecule has 0 saturated carbocycles. The van der Waals surface area contributed by atoms with Crippen LogP contribution in [0.15, 0.2) is 72.1 Å². The Morgan fingerprint density at radius 3 is 2.62 bits per heavy atom. The molecule has 3 rings (SSSR count). The topological polar surface area (TPSA) is 59.4 Å². The van der Waals surface area contributed by atoms with Crippen LogP contribution >= 0.6 is 11.8 Å². The summed E-state index contributed by atoms with van der Waals surface area (Å²) < 4.78 is 7.12. The highest BCUT2D eigenvalue weighted by molar-refractivity contribution is 7.99. The number of nitrogens with zero attached hydrogens (tertiary/aromatic N) is 3. The summed E-state index contributed by atoms with van der Waals surface area (Å²) in [4.78, 5) is 16.6. The molecule has 0 bridgehead atoms. The van der Waals surface area contributed by atoms with Crippen LogP contribution in [0.1, 0.15) is 0 Å². The van der Waals surface area contributed by atoms with Gasteiger partial charge in [-0.2, -0.15) is 0 Å². The molecule has 1 amide bonds. The predicted molar refractivity (Wildman–Crippen MR) is 104 cm³/mol. The molecule has 0 aliphatic rings. The lowest BCUT2D eigenvalue weighted by molar-refractivity contribution is -0.118. The number of amides is 1. The standard InChI is InChI=1S/C19H20N4O2S/c1-22(15-6-4-3-5-7-15)21-18(24)14-26-19-20-12-13-23(19)16-8-10-17(25-2)11-9-16/h3-13H,14H2,1-2H3,(H,21,24). The fraction of sp³-hybridized carbons (Fsp3) is 0.158. The third-order valence-corrected chi connectivity index (χ3v) is 4.69.